The Hall–Kier alpha value is -1.13. The second kappa shape index (κ2) is 7.34. The quantitative estimate of drug-likeness (QED) is 0.785. The standard InChI is InChI=1S/C14H22FNO2/c1-10(2)6-12(9-17)16-8-11-4-5-14(18-3)13(15)7-11/h4-5,7,10,12,16-17H,6,8-9H2,1-3H3. The minimum atomic E-state index is -0.360. The number of nitrogens with one attached hydrogen (secondary N) is 1. The number of aliphatic hydroxyl groups is 1. The van der Waals surface area contributed by atoms with Crippen LogP contribution in [0.2, 0.25) is 0 Å². The monoisotopic (exact) mass is 255 g/mol. The van der Waals surface area contributed by atoms with Crippen molar-refractivity contribution in [1.29, 1.82) is 0 Å². The van der Waals surface area contributed by atoms with Crippen molar-refractivity contribution >= 4 is 0 Å². The van der Waals surface area contributed by atoms with Gasteiger partial charge in [0.05, 0.1) is 13.7 Å². The third kappa shape index (κ3) is 4.63. The van der Waals surface area contributed by atoms with Crippen LogP contribution in [-0.2, 0) is 6.54 Å². The predicted octanol–water partition coefficient (Wildman–Crippen LogP) is 2.33. The molecule has 1 aromatic rings. The summed E-state index contributed by atoms with van der Waals surface area (Å²) in [4.78, 5) is 0. The summed E-state index contributed by atoms with van der Waals surface area (Å²) in [5.74, 6) is 0.406. The number of hydrogen-bond acceptors (Lipinski definition) is 3. The van der Waals surface area contributed by atoms with Gasteiger partial charge in [-0.05, 0) is 30.0 Å². The van der Waals surface area contributed by atoms with Gasteiger partial charge < -0.3 is 15.2 Å². The Bertz CT molecular complexity index is 369. The Labute approximate surface area is 108 Å². The highest BCUT2D eigenvalue weighted by Crippen LogP contribution is 2.17. The molecule has 0 saturated carbocycles. The molecule has 1 aromatic carbocycles. The van der Waals surface area contributed by atoms with Crippen LogP contribution in [0.25, 0.3) is 0 Å². The van der Waals surface area contributed by atoms with Crippen molar-refractivity contribution in [2.75, 3.05) is 13.7 Å². The molecule has 1 atom stereocenters. The van der Waals surface area contributed by atoms with Crippen molar-refractivity contribution in [2.45, 2.75) is 32.9 Å². The fraction of sp³-hybridized carbons (Fsp3) is 0.571. The van der Waals surface area contributed by atoms with E-state index in [-0.39, 0.29) is 24.2 Å². The molecule has 0 aromatic heterocycles. The Morgan fingerprint density at radius 3 is 2.61 bits per heavy atom. The van der Waals surface area contributed by atoms with Crippen LogP contribution in [0.15, 0.2) is 18.2 Å². The van der Waals surface area contributed by atoms with Crippen LogP contribution in [0.5, 0.6) is 5.75 Å². The zero-order chi connectivity index (χ0) is 13.5. The van der Waals surface area contributed by atoms with Crippen molar-refractivity contribution in [1.82, 2.24) is 5.32 Å². The maximum absolute atomic E-state index is 13.5. The largest absolute Gasteiger partial charge is 0.494 e. The zero-order valence-corrected chi connectivity index (χ0v) is 11.2. The number of hydrogen-bond donors (Lipinski definition) is 2. The molecule has 0 fully saturated rings. The first-order chi connectivity index (χ1) is 8.56. The Balaban J connectivity index is 2.54. The highest BCUT2D eigenvalue weighted by atomic mass is 19.1. The maximum Gasteiger partial charge on any atom is 0.165 e. The SMILES string of the molecule is COc1ccc(CNC(CO)CC(C)C)cc1F. The second-order valence-electron chi connectivity index (χ2n) is 4.86. The number of rotatable bonds is 7. The average molecular weight is 255 g/mol. The van der Waals surface area contributed by atoms with Crippen molar-refractivity contribution in [3.05, 3.63) is 29.6 Å². The van der Waals surface area contributed by atoms with E-state index in [2.05, 4.69) is 19.2 Å². The van der Waals surface area contributed by atoms with Crippen LogP contribution in [0.1, 0.15) is 25.8 Å². The first-order valence-corrected chi connectivity index (χ1v) is 6.23. The third-order valence-electron chi connectivity index (χ3n) is 2.79. The van der Waals surface area contributed by atoms with Gasteiger partial charge in [0.25, 0.3) is 0 Å². The molecule has 0 saturated heterocycles. The molecule has 18 heavy (non-hydrogen) atoms. The number of aliphatic hydroxyl groups excluding tert-OH is 1. The molecule has 0 bridgehead atoms. The van der Waals surface area contributed by atoms with E-state index >= 15 is 0 Å². The first kappa shape index (κ1) is 14.9. The van der Waals surface area contributed by atoms with Crippen LogP contribution >= 0.6 is 0 Å². The van der Waals surface area contributed by atoms with Gasteiger partial charge in [0.15, 0.2) is 11.6 Å². The molecule has 0 heterocycles. The normalized spacial score (nSPS) is 12.8. The smallest absolute Gasteiger partial charge is 0.165 e. The third-order valence-corrected chi connectivity index (χ3v) is 2.79. The lowest BCUT2D eigenvalue weighted by Gasteiger charge is -2.18. The molecule has 0 amide bonds. The van der Waals surface area contributed by atoms with Gasteiger partial charge >= 0.3 is 0 Å². The maximum atomic E-state index is 13.5. The molecule has 1 rings (SSSR count). The number of methoxy groups -OCH3 is 1. The van der Waals surface area contributed by atoms with Gasteiger partial charge in [0.1, 0.15) is 0 Å². The van der Waals surface area contributed by atoms with Gasteiger partial charge in [-0.1, -0.05) is 19.9 Å². The van der Waals surface area contributed by atoms with Crippen molar-refractivity contribution in [3.63, 3.8) is 0 Å². The van der Waals surface area contributed by atoms with E-state index in [0.717, 1.165) is 12.0 Å². The van der Waals surface area contributed by atoms with Crippen molar-refractivity contribution < 1.29 is 14.2 Å². The summed E-state index contributed by atoms with van der Waals surface area (Å²) < 4.78 is 18.3. The molecule has 3 nitrogen and oxygen atoms in total. The second-order valence-corrected chi connectivity index (χ2v) is 4.86. The van der Waals surface area contributed by atoms with Gasteiger partial charge in [0.2, 0.25) is 0 Å². The van der Waals surface area contributed by atoms with E-state index < -0.39 is 0 Å². The summed E-state index contributed by atoms with van der Waals surface area (Å²) in [6.45, 7) is 4.85. The fourth-order valence-electron chi connectivity index (χ4n) is 1.87. The molecule has 4 heteroatoms. The van der Waals surface area contributed by atoms with Gasteiger partial charge in [-0.3, -0.25) is 0 Å². The molecular formula is C14H22FNO2. The molecule has 0 aliphatic rings. The van der Waals surface area contributed by atoms with Gasteiger partial charge in [-0.25, -0.2) is 4.39 Å². The van der Waals surface area contributed by atoms with Crippen molar-refractivity contribution in [3.8, 4) is 5.75 Å². The summed E-state index contributed by atoms with van der Waals surface area (Å²) in [5, 5.41) is 12.5. The number of halogens is 1. The highest BCUT2D eigenvalue weighted by Gasteiger charge is 2.10. The predicted molar refractivity (Wildman–Crippen MR) is 70.1 cm³/mol. The summed E-state index contributed by atoms with van der Waals surface area (Å²) in [6.07, 6.45) is 0.898. The van der Waals surface area contributed by atoms with Crippen molar-refractivity contribution in [2.24, 2.45) is 5.92 Å². The topological polar surface area (TPSA) is 41.5 Å². The first-order valence-electron chi connectivity index (χ1n) is 6.23. The van der Waals surface area contributed by atoms with E-state index in [0.29, 0.717) is 12.5 Å². The Morgan fingerprint density at radius 2 is 2.11 bits per heavy atom. The Kier molecular flexibility index (Phi) is 6.09. The molecule has 0 spiro atoms. The number of ether oxygens (including phenoxy) is 1. The lowest BCUT2D eigenvalue weighted by molar-refractivity contribution is 0.223. The summed E-state index contributed by atoms with van der Waals surface area (Å²) in [7, 11) is 1.45. The summed E-state index contributed by atoms with van der Waals surface area (Å²) in [6, 6.07) is 4.94. The lowest BCUT2D eigenvalue weighted by atomic mass is 10.0. The summed E-state index contributed by atoms with van der Waals surface area (Å²) >= 11 is 0. The van der Waals surface area contributed by atoms with Crippen LogP contribution < -0.4 is 10.1 Å². The van der Waals surface area contributed by atoms with Gasteiger partial charge in [-0.2, -0.15) is 0 Å². The van der Waals surface area contributed by atoms with E-state index in [1.54, 1.807) is 6.07 Å². The molecule has 0 aliphatic heterocycles. The Morgan fingerprint density at radius 1 is 1.39 bits per heavy atom. The average Bonchev–Trinajstić information content (AvgIpc) is 2.34. The number of benzene rings is 1. The van der Waals surface area contributed by atoms with Crippen LogP contribution in [0, 0.1) is 11.7 Å². The summed E-state index contributed by atoms with van der Waals surface area (Å²) in [5.41, 5.74) is 0.843. The molecular weight excluding hydrogens is 233 g/mol. The van der Waals surface area contributed by atoms with E-state index in [9.17, 15) is 9.50 Å². The van der Waals surface area contributed by atoms with E-state index in [1.807, 2.05) is 6.07 Å². The van der Waals surface area contributed by atoms with Crippen LogP contribution in [0.4, 0.5) is 4.39 Å². The zero-order valence-electron chi connectivity index (χ0n) is 11.2. The van der Waals surface area contributed by atoms with Gasteiger partial charge in [0, 0.05) is 12.6 Å². The molecule has 1 unspecified atom stereocenters. The highest BCUT2D eigenvalue weighted by molar-refractivity contribution is 5.29. The lowest BCUT2D eigenvalue weighted by Crippen LogP contribution is -2.33. The van der Waals surface area contributed by atoms with E-state index in [1.165, 1.54) is 13.2 Å². The molecule has 102 valence electrons. The van der Waals surface area contributed by atoms with E-state index in [4.69, 9.17) is 4.74 Å². The van der Waals surface area contributed by atoms with Crippen LogP contribution in [-0.4, -0.2) is 24.9 Å². The molecule has 0 aliphatic carbocycles. The minimum absolute atomic E-state index is 0.0511. The molecule has 0 radical (unpaired) electrons. The minimum Gasteiger partial charge on any atom is -0.494 e. The fourth-order valence-corrected chi connectivity index (χ4v) is 1.87. The van der Waals surface area contributed by atoms with Crippen LogP contribution in [0.3, 0.4) is 0 Å². The van der Waals surface area contributed by atoms with Gasteiger partial charge in [-0.15, -0.1) is 0 Å². The molecule has 2 N–H and O–H groups in total.